The first-order valence-corrected chi connectivity index (χ1v) is 46.2. The molecule has 8 amide bonds. The summed E-state index contributed by atoms with van der Waals surface area (Å²) in [5.74, 6) is -14.9. The van der Waals surface area contributed by atoms with E-state index in [-0.39, 0.29) is 202 Å². The number of oxime groups is 1. The zero-order valence-electron chi connectivity index (χ0n) is 79.2. The number of methoxy groups -OCH3 is 1. The number of likely N-dealkylation sites (tertiary alicyclic amines) is 1. The van der Waals surface area contributed by atoms with E-state index in [1.165, 1.54) is 18.9 Å². The van der Waals surface area contributed by atoms with Gasteiger partial charge in [0, 0.05) is 132 Å². The zero-order valence-corrected chi connectivity index (χ0v) is 79.2. The second-order valence-corrected chi connectivity index (χ2v) is 35.0. The Hall–Kier alpha value is -12.4. The summed E-state index contributed by atoms with van der Waals surface area (Å²) in [6.45, 7) is 14.5. The molecule has 746 valence electrons. The van der Waals surface area contributed by atoms with Crippen molar-refractivity contribution < 1.29 is 86.5 Å². The Morgan fingerprint density at radius 1 is 0.507 bits per heavy atom. The molecule has 1 aliphatic rings. The lowest BCUT2D eigenvalue weighted by Crippen LogP contribution is -2.56. The number of ether oxygens (including phenoxy) is 3. The first kappa shape index (κ1) is 114. The average Bonchev–Trinajstić information content (AvgIpc) is 1.68. The summed E-state index contributed by atoms with van der Waals surface area (Å²) in [6, 6.07) is 7.06. The number of aliphatic hydroxyl groups is 1. The molecule has 0 bridgehead atoms. The van der Waals surface area contributed by atoms with Crippen LogP contribution in [0.2, 0.25) is 0 Å². The normalized spacial score (nSPS) is 15.0. The van der Waals surface area contributed by atoms with E-state index in [1.54, 1.807) is 33.0 Å². The number of guanidine groups is 5. The number of nitrogens with one attached hydrogen (secondary N) is 18. The number of aromatic nitrogens is 1. The number of nitrogens with zero attached hydrogens (tertiary/aromatic N) is 2. The number of carbonyl (C=O) groups excluding carboxylic acids is 13. The van der Waals surface area contributed by atoms with Crippen LogP contribution in [0.25, 0.3) is 10.9 Å². The molecule has 1 saturated heterocycles. The Kier molecular flexibility index (Phi) is 52.8. The average molecular weight is 1880 g/mol. The number of para-hydroxylation sites is 1. The predicted molar refractivity (Wildman–Crippen MR) is 507 cm³/mol. The second-order valence-electron chi connectivity index (χ2n) is 35.0. The first-order valence-electron chi connectivity index (χ1n) is 46.2. The van der Waals surface area contributed by atoms with Gasteiger partial charge in [-0.05, 0) is 158 Å². The number of esters is 1. The van der Waals surface area contributed by atoms with E-state index in [0.29, 0.717) is 68.5 Å². The number of carbonyl (C=O) groups is 13. The van der Waals surface area contributed by atoms with Crippen LogP contribution in [0.1, 0.15) is 200 Å². The minimum atomic E-state index is -1.52. The number of ketones is 4. The molecule has 0 saturated carbocycles. The molecular formula is C91H149N25O18. The molecular weight excluding hydrogens is 1730 g/mol. The summed E-state index contributed by atoms with van der Waals surface area (Å²) in [4.78, 5) is 195. The van der Waals surface area contributed by atoms with Gasteiger partial charge in [-0.3, -0.25) is 89.4 Å². The summed E-state index contributed by atoms with van der Waals surface area (Å²) in [5.41, 5.74) is 31.3. The Morgan fingerprint density at radius 2 is 1.01 bits per heavy atom. The van der Waals surface area contributed by atoms with Crippen LogP contribution in [-0.2, 0) is 94.2 Å². The van der Waals surface area contributed by atoms with E-state index in [0.717, 1.165) is 16.5 Å². The smallest absolute Gasteiger partial charge is 0.305 e. The molecule has 134 heavy (non-hydrogen) atoms. The van der Waals surface area contributed by atoms with E-state index in [2.05, 4.69) is 73.9 Å². The van der Waals surface area contributed by atoms with Gasteiger partial charge >= 0.3 is 5.97 Å². The third-order valence-corrected chi connectivity index (χ3v) is 22.5. The van der Waals surface area contributed by atoms with E-state index in [4.69, 9.17) is 74.8 Å². The summed E-state index contributed by atoms with van der Waals surface area (Å²) in [5, 5.41) is 87.1. The minimum absolute atomic E-state index is 0.0449. The van der Waals surface area contributed by atoms with Crippen molar-refractivity contribution in [2.75, 3.05) is 92.6 Å². The Labute approximate surface area is 784 Å². The molecule has 4 rings (SSSR count). The van der Waals surface area contributed by atoms with Crippen LogP contribution < -0.4 is 92.5 Å². The number of aromatic amines is 1. The fraction of sp³-hybridized carbons (Fsp3) is 0.637. The zero-order chi connectivity index (χ0) is 99.4. The molecule has 2 heterocycles. The third-order valence-electron chi connectivity index (χ3n) is 22.5. The van der Waals surface area contributed by atoms with Crippen LogP contribution in [0.5, 0.6) is 0 Å². The first-order chi connectivity index (χ1) is 63.7. The highest BCUT2D eigenvalue weighted by Crippen LogP contribution is 2.27. The van der Waals surface area contributed by atoms with Crippen LogP contribution in [0.4, 0.5) is 0 Å². The Balaban J connectivity index is 1.49. The van der Waals surface area contributed by atoms with Crippen molar-refractivity contribution in [1.82, 2.24) is 73.7 Å². The molecule has 2 aromatic carbocycles. The maximum Gasteiger partial charge on any atom is 0.305 e. The SMILES string of the molecule is COCCOC(=O)CCCO/N=C(\C)c1ccc(C[C@H](C)C(=O)NCCOCC(=O)N[C@@H](CCCNC(=N)N)C(=O)N2CCC[C@H]2C(=O)N[C@@H](CC(C)C)C(=O)C[C@@H](C)C(=O)N[C@@H](CC(C)C)C(=O)C[C@@H](Cc2c[nH]c3ccccc23)C(=O)N[C@@H](CCCNC(=N)N)C(=O)C[C@@H](CO)C(=O)N[C@H](CCCNC(=N)N)C(=O)C[C@H](CCCNC(=N)N)C(=O)N[C@@H](C)CCCNC(=N)N)cc1. The molecule has 1 aliphatic heterocycles. The van der Waals surface area contributed by atoms with Crippen molar-refractivity contribution >= 4 is 123 Å². The molecule has 1 fully saturated rings. The van der Waals surface area contributed by atoms with Gasteiger partial charge in [-0.2, -0.15) is 0 Å². The van der Waals surface area contributed by atoms with E-state index >= 15 is 9.59 Å². The van der Waals surface area contributed by atoms with Gasteiger partial charge in [0.1, 0.15) is 31.9 Å². The number of Topliss-reactive ketones (excluding diaryl/α,β-unsaturated/α-hetero) is 4. The molecule has 3 aromatic rings. The van der Waals surface area contributed by atoms with Gasteiger partial charge in [-0.25, -0.2) is 0 Å². The highest BCUT2D eigenvalue weighted by Gasteiger charge is 2.41. The summed E-state index contributed by atoms with van der Waals surface area (Å²) >= 11 is 0. The number of benzene rings is 2. The van der Waals surface area contributed by atoms with Crippen molar-refractivity contribution in [2.24, 2.45) is 75.2 Å². The van der Waals surface area contributed by atoms with Crippen LogP contribution in [-0.4, -0.2) is 262 Å². The summed E-state index contributed by atoms with van der Waals surface area (Å²) in [7, 11) is 1.52. The summed E-state index contributed by atoms with van der Waals surface area (Å²) in [6.07, 6.45) is 3.42. The van der Waals surface area contributed by atoms with Crippen molar-refractivity contribution in [3.05, 3.63) is 71.4 Å². The standard InChI is InChI=1S/C91H149N25O18/c1-54(2)43-71(114-85(129)73-26-17-38-116(73)86(130)70(25-16-36-107-91(100)101)110-78(122)53-132-40-37-102-80(124)56(5)45-60-28-30-61(31-29-60)59(8)115-134-39-18-27-79(123)133-42-41-131-9)74(118)46-57(6)81(125)113-72(44-55(3)4)77(121)49-63(47-64-51-108-67-22-11-10-21-66(64)67)83(127)111-69(24-15-35-106-90(98)99)76(120)50-65(52-117)84(128)112-68(23-14-34-105-89(96)97)75(119)48-62(20-13-33-104-88(94)95)82(126)109-58(7)19-12-32-103-87(92)93/h10-11,21-22,28-31,51,54-58,62-63,65,68-73,108,117H,12-20,23-27,32-50,52-53H2,1-9H3,(H,102,124)(H,109,126)(H,110,122)(H,111,127)(H,112,128)(H,113,125)(H,114,129)(H4,92,93,103)(H4,94,95,104)(H4,96,97,105)(H4,98,99,106)(H4,100,101,107)/b115-59+/t56-,57+,58-,62-,63+,65-,68+,69-,70-,71-,72-,73-/m0/s1. The molecule has 43 heteroatoms. The summed E-state index contributed by atoms with van der Waals surface area (Å²) < 4.78 is 15.6. The number of hydrogen-bond acceptors (Lipinski definition) is 24. The largest absolute Gasteiger partial charge is 0.463 e. The van der Waals surface area contributed by atoms with Crippen LogP contribution in [0.3, 0.4) is 0 Å². The lowest BCUT2D eigenvalue weighted by Gasteiger charge is -2.30. The molecule has 0 aliphatic carbocycles. The van der Waals surface area contributed by atoms with E-state index in [1.807, 2.05) is 70.2 Å². The Bertz CT molecular complexity index is 4370. The van der Waals surface area contributed by atoms with Crippen LogP contribution >= 0.6 is 0 Å². The van der Waals surface area contributed by atoms with Gasteiger partial charge < -0.3 is 127 Å². The van der Waals surface area contributed by atoms with Gasteiger partial charge in [0.2, 0.25) is 47.3 Å². The van der Waals surface area contributed by atoms with E-state index in [9.17, 15) is 57.8 Å². The van der Waals surface area contributed by atoms with Crippen molar-refractivity contribution in [3.8, 4) is 0 Å². The number of H-pyrrole nitrogens is 1. The monoisotopic (exact) mass is 1880 g/mol. The van der Waals surface area contributed by atoms with Gasteiger partial charge in [0.05, 0.1) is 55.6 Å². The lowest BCUT2D eigenvalue weighted by molar-refractivity contribution is -0.145. The van der Waals surface area contributed by atoms with Gasteiger partial charge in [-0.15, -0.1) is 0 Å². The van der Waals surface area contributed by atoms with Gasteiger partial charge in [0.15, 0.2) is 52.9 Å². The van der Waals surface area contributed by atoms with Crippen molar-refractivity contribution in [3.63, 3.8) is 0 Å². The molecule has 0 spiro atoms. The predicted octanol–water partition coefficient (Wildman–Crippen LogP) is 1.07. The van der Waals surface area contributed by atoms with Crippen LogP contribution in [0, 0.1) is 68.5 Å². The van der Waals surface area contributed by atoms with E-state index < -0.39 is 163 Å². The van der Waals surface area contributed by atoms with Crippen LogP contribution in [0.15, 0.2) is 59.9 Å². The number of amides is 8. The maximum atomic E-state index is 15.2. The number of aliphatic hydroxyl groups excluding tert-OH is 1. The lowest BCUT2D eigenvalue weighted by atomic mass is 9.87. The Morgan fingerprint density at radius 3 is 1.57 bits per heavy atom. The topological polar surface area (TPSA) is 704 Å². The third kappa shape index (κ3) is 44.9. The minimum Gasteiger partial charge on any atom is -0.463 e. The quantitative estimate of drug-likeness (QED) is 0.0124. The maximum absolute atomic E-state index is 15.2. The second kappa shape index (κ2) is 62.1. The number of rotatable bonds is 68. The number of fused-ring (bicyclic) bond motifs is 1. The molecule has 0 unspecified atom stereocenters. The fourth-order valence-corrected chi connectivity index (χ4v) is 15.3. The molecule has 0 radical (unpaired) electrons. The molecule has 29 N–H and O–H groups in total. The van der Waals surface area contributed by atoms with Gasteiger partial charge in [-0.1, -0.05) is 89.2 Å². The van der Waals surface area contributed by atoms with Gasteiger partial charge in [0.25, 0.3) is 0 Å². The molecule has 1 aromatic heterocycles. The number of hydrogen-bond donors (Lipinski definition) is 24. The molecule has 12 atom stereocenters. The molecule has 43 nitrogen and oxygen atoms in total. The highest BCUT2D eigenvalue weighted by atomic mass is 16.6. The fourth-order valence-electron chi connectivity index (χ4n) is 15.3. The highest BCUT2D eigenvalue weighted by molar-refractivity contribution is 6.01. The van der Waals surface area contributed by atoms with Crippen molar-refractivity contribution in [2.45, 2.75) is 239 Å². The van der Waals surface area contributed by atoms with Crippen molar-refractivity contribution in [1.29, 1.82) is 27.0 Å². The number of nitrogens with two attached hydrogens (primary N) is 5.